The number of benzene rings is 2. The number of carbonyl (C=O) groups excluding carboxylic acids is 2. The molecule has 1 aliphatic rings. The molecule has 0 saturated heterocycles. The molecule has 0 fully saturated rings. The van der Waals surface area contributed by atoms with Crippen molar-refractivity contribution in [3.8, 4) is 5.75 Å². The highest BCUT2D eigenvalue weighted by Crippen LogP contribution is 2.36. The summed E-state index contributed by atoms with van der Waals surface area (Å²) in [4.78, 5) is 27.6. The molecule has 1 aliphatic heterocycles. The van der Waals surface area contributed by atoms with Crippen molar-refractivity contribution in [2.24, 2.45) is 0 Å². The van der Waals surface area contributed by atoms with E-state index < -0.39 is 11.8 Å². The number of imide groups is 1. The lowest BCUT2D eigenvalue weighted by atomic mass is 10.0. The van der Waals surface area contributed by atoms with Crippen LogP contribution < -0.4 is 10.1 Å². The average molecular weight is 457 g/mol. The normalized spacial score (nSPS) is 13.8. The van der Waals surface area contributed by atoms with Gasteiger partial charge in [-0.05, 0) is 55.5 Å². The lowest BCUT2D eigenvalue weighted by Crippen LogP contribution is -2.31. The Kier molecular flexibility index (Phi) is 6.02. The van der Waals surface area contributed by atoms with E-state index in [1.54, 1.807) is 48.5 Å². The lowest BCUT2D eigenvalue weighted by Gasteiger charge is -2.14. The topological polar surface area (TPSA) is 71.8 Å². The standard InChI is InChI=1S/C23H18Cl2N2O4/c1-2-30-16-8-6-15(7-9-16)26-21-20(18-10-5-14(24)12-19(18)25)22(28)27(23(21)29)13-17-4-3-11-31-17/h3-12,26H,2,13H2,1H3. The molecule has 31 heavy (non-hydrogen) atoms. The Labute approximate surface area is 189 Å². The maximum absolute atomic E-state index is 13.3. The first kappa shape index (κ1) is 21.0. The van der Waals surface area contributed by atoms with Crippen molar-refractivity contribution in [1.29, 1.82) is 0 Å². The van der Waals surface area contributed by atoms with E-state index in [4.69, 9.17) is 32.4 Å². The molecule has 6 nitrogen and oxygen atoms in total. The van der Waals surface area contributed by atoms with Crippen LogP contribution in [0.5, 0.6) is 5.75 Å². The summed E-state index contributed by atoms with van der Waals surface area (Å²) >= 11 is 12.4. The van der Waals surface area contributed by atoms with Gasteiger partial charge < -0.3 is 14.5 Å². The Hall–Kier alpha value is -3.22. The Balaban J connectivity index is 1.73. The molecule has 2 aromatic carbocycles. The Bertz CT molecular complexity index is 1150. The molecule has 4 rings (SSSR count). The summed E-state index contributed by atoms with van der Waals surface area (Å²) in [6.45, 7) is 2.45. The van der Waals surface area contributed by atoms with Crippen molar-refractivity contribution >= 4 is 46.3 Å². The quantitative estimate of drug-likeness (QED) is 0.483. The summed E-state index contributed by atoms with van der Waals surface area (Å²) in [6.07, 6.45) is 1.49. The van der Waals surface area contributed by atoms with Crippen LogP contribution in [0.1, 0.15) is 18.2 Å². The minimum Gasteiger partial charge on any atom is -0.494 e. The third-order valence-corrected chi connectivity index (χ3v) is 5.25. The van der Waals surface area contributed by atoms with Gasteiger partial charge in [0.1, 0.15) is 17.2 Å². The second-order valence-corrected chi connectivity index (χ2v) is 7.58. The van der Waals surface area contributed by atoms with Crippen molar-refractivity contribution in [3.05, 3.63) is 87.9 Å². The van der Waals surface area contributed by atoms with Crippen molar-refractivity contribution in [3.63, 3.8) is 0 Å². The smallest absolute Gasteiger partial charge is 0.278 e. The molecular weight excluding hydrogens is 439 g/mol. The first-order chi connectivity index (χ1) is 15.0. The van der Waals surface area contributed by atoms with Crippen LogP contribution in [-0.2, 0) is 16.1 Å². The van der Waals surface area contributed by atoms with Crippen LogP contribution in [0.3, 0.4) is 0 Å². The molecule has 0 saturated carbocycles. The second kappa shape index (κ2) is 8.88. The molecule has 1 aromatic heterocycles. The molecular formula is C23H18Cl2N2O4. The number of hydrogen-bond donors (Lipinski definition) is 1. The molecule has 0 spiro atoms. The summed E-state index contributed by atoms with van der Waals surface area (Å²) in [6, 6.07) is 15.3. The fraction of sp³-hybridized carbons (Fsp3) is 0.130. The van der Waals surface area contributed by atoms with E-state index in [1.165, 1.54) is 12.3 Å². The van der Waals surface area contributed by atoms with E-state index in [0.29, 0.717) is 34.4 Å². The number of halogens is 2. The Morgan fingerprint density at radius 3 is 2.45 bits per heavy atom. The van der Waals surface area contributed by atoms with Crippen LogP contribution in [0.2, 0.25) is 10.0 Å². The van der Waals surface area contributed by atoms with Crippen LogP contribution >= 0.6 is 23.2 Å². The fourth-order valence-electron chi connectivity index (χ4n) is 3.28. The molecule has 1 N–H and O–H groups in total. The van der Waals surface area contributed by atoms with Gasteiger partial charge in [0.2, 0.25) is 0 Å². The van der Waals surface area contributed by atoms with Gasteiger partial charge in [0.05, 0.1) is 30.0 Å². The Morgan fingerprint density at radius 1 is 1.03 bits per heavy atom. The summed E-state index contributed by atoms with van der Waals surface area (Å²) in [5.74, 6) is 0.247. The van der Waals surface area contributed by atoms with Gasteiger partial charge in [-0.25, -0.2) is 0 Å². The van der Waals surface area contributed by atoms with Gasteiger partial charge in [-0.1, -0.05) is 29.3 Å². The zero-order valence-electron chi connectivity index (χ0n) is 16.5. The molecule has 158 valence electrons. The van der Waals surface area contributed by atoms with E-state index in [-0.39, 0.29) is 22.8 Å². The number of nitrogens with zero attached hydrogens (tertiary/aromatic N) is 1. The number of ether oxygens (including phenoxy) is 1. The van der Waals surface area contributed by atoms with E-state index >= 15 is 0 Å². The lowest BCUT2D eigenvalue weighted by molar-refractivity contribution is -0.137. The van der Waals surface area contributed by atoms with Gasteiger partial charge in [-0.15, -0.1) is 0 Å². The molecule has 8 heteroatoms. The monoisotopic (exact) mass is 456 g/mol. The maximum Gasteiger partial charge on any atom is 0.278 e. The minimum absolute atomic E-state index is 0.00777. The van der Waals surface area contributed by atoms with Crippen LogP contribution in [0.4, 0.5) is 5.69 Å². The largest absolute Gasteiger partial charge is 0.494 e. The van der Waals surface area contributed by atoms with Crippen LogP contribution in [0, 0.1) is 0 Å². The summed E-state index contributed by atoms with van der Waals surface area (Å²) in [5, 5.41) is 3.78. The first-order valence-electron chi connectivity index (χ1n) is 9.56. The van der Waals surface area contributed by atoms with Crippen LogP contribution in [0.15, 0.2) is 71.0 Å². The van der Waals surface area contributed by atoms with Gasteiger partial charge in [0.25, 0.3) is 11.8 Å². The molecule has 2 heterocycles. The Morgan fingerprint density at radius 2 is 1.81 bits per heavy atom. The third kappa shape index (κ3) is 4.31. The highest BCUT2D eigenvalue weighted by atomic mass is 35.5. The summed E-state index contributed by atoms with van der Waals surface area (Å²) < 4.78 is 10.8. The number of furan rings is 1. The van der Waals surface area contributed by atoms with E-state index in [2.05, 4.69) is 5.32 Å². The first-order valence-corrected chi connectivity index (χ1v) is 10.3. The molecule has 0 aliphatic carbocycles. The van der Waals surface area contributed by atoms with E-state index in [9.17, 15) is 9.59 Å². The highest BCUT2D eigenvalue weighted by molar-refractivity contribution is 6.41. The predicted octanol–water partition coefficient (Wildman–Crippen LogP) is 5.38. The number of hydrogen-bond acceptors (Lipinski definition) is 5. The van der Waals surface area contributed by atoms with E-state index in [1.807, 2.05) is 6.92 Å². The molecule has 0 atom stereocenters. The van der Waals surface area contributed by atoms with Crippen LogP contribution in [-0.4, -0.2) is 23.3 Å². The minimum atomic E-state index is -0.476. The molecule has 0 unspecified atom stereocenters. The van der Waals surface area contributed by atoms with Gasteiger partial charge in [-0.3, -0.25) is 14.5 Å². The number of anilines is 1. The molecule has 3 aromatic rings. The average Bonchev–Trinajstić information content (AvgIpc) is 3.34. The number of carbonyl (C=O) groups is 2. The fourth-order valence-corrected chi connectivity index (χ4v) is 3.78. The number of rotatable bonds is 7. The molecule has 2 amide bonds. The predicted molar refractivity (Wildman–Crippen MR) is 119 cm³/mol. The number of amides is 2. The third-order valence-electron chi connectivity index (χ3n) is 4.70. The highest BCUT2D eigenvalue weighted by Gasteiger charge is 2.40. The van der Waals surface area contributed by atoms with Gasteiger partial charge >= 0.3 is 0 Å². The van der Waals surface area contributed by atoms with Crippen LogP contribution in [0.25, 0.3) is 5.57 Å². The maximum atomic E-state index is 13.3. The zero-order chi connectivity index (χ0) is 22.0. The van der Waals surface area contributed by atoms with E-state index in [0.717, 1.165) is 4.90 Å². The zero-order valence-corrected chi connectivity index (χ0v) is 18.0. The summed E-state index contributed by atoms with van der Waals surface area (Å²) in [7, 11) is 0. The number of nitrogens with one attached hydrogen (secondary N) is 1. The summed E-state index contributed by atoms with van der Waals surface area (Å²) in [5.41, 5.74) is 1.35. The second-order valence-electron chi connectivity index (χ2n) is 6.73. The molecule has 0 bridgehead atoms. The van der Waals surface area contributed by atoms with Gasteiger partial charge in [0.15, 0.2) is 0 Å². The SMILES string of the molecule is CCOc1ccc(NC2=C(c3ccc(Cl)cc3Cl)C(=O)N(Cc3ccco3)C2=O)cc1. The van der Waals surface area contributed by atoms with Crippen molar-refractivity contribution in [2.75, 3.05) is 11.9 Å². The van der Waals surface area contributed by atoms with Crippen molar-refractivity contribution in [2.45, 2.75) is 13.5 Å². The van der Waals surface area contributed by atoms with Gasteiger partial charge in [-0.2, -0.15) is 0 Å². The molecule has 0 radical (unpaired) electrons. The van der Waals surface area contributed by atoms with Crippen molar-refractivity contribution < 1.29 is 18.7 Å². The van der Waals surface area contributed by atoms with Gasteiger partial charge in [0, 0.05) is 16.3 Å². The van der Waals surface area contributed by atoms with Crippen molar-refractivity contribution in [1.82, 2.24) is 4.90 Å².